The van der Waals surface area contributed by atoms with Gasteiger partial charge in [-0.2, -0.15) is 5.10 Å². The lowest BCUT2D eigenvalue weighted by molar-refractivity contribution is 0.415. The highest BCUT2D eigenvalue weighted by atomic mass is 16.5. The van der Waals surface area contributed by atoms with Crippen LogP contribution >= 0.6 is 0 Å². The van der Waals surface area contributed by atoms with Crippen molar-refractivity contribution in [2.75, 3.05) is 7.11 Å². The van der Waals surface area contributed by atoms with Crippen LogP contribution in [0.5, 0.6) is 5.75 Å². The maximum atomic E-state index is 5.23. The molecule has 7 nitrogen and oxygen atoms in total. The third kappa shape index (κ3) is 2.51. The van der Waals surface area contributed by atoms with Gasteiger partial charge in [0.1, 0.15) is 12.1 Å². The Kier molecular flexibility index (Phi) is 3.61. The molecule has 0 radical (unpaired) electrons. The van der Waals surface area contributed by atoms with Gasteiger partial charge in [0.2, 0.25) is 0 Å². The van der Waals surface area contributed by atoms with Gasteiger partial charge in [0.25, 0.3) is 0 Å². The van der Waals surface area contributed by atoms with Crippen molar-refractivity contribution in [1.82, 2.24) is 29.4 Å². The number of aromatic nitrogens is 6. The van der Waals surface area contributed by atoms with Crippen LogP contribution in [0.3, 0.4) is 0 Å². The highest BCUT2D eigenvalue weighted by molar-refractivity contribution is 5.90. The third-order valence-corrected chi connectivity index (χ3v) is 4.78. The Morgan fingerprint density at radius 2 is 1.64 bits per heavy atom. The fourth-order valence-electron chi connectivity index (χ4n) is 3.52. The Labute approximate surface area is 161 Å². The Bertz CT molecular complexity index is 1300. The maximum Gasteiger partial charge on any atom is 0.175 e. The molecule has 3 aromatic heterocycles. The number of rotatable bonds is 3. The van der Waals surface area contributed by atoms with Crippen LogP contribution in [0, 0.1) is 13.8 Å². The zero-order chi connectivity index (χ0) is 19.3. The summed E-state index contributed by atoms with van der Waals surface area (Å²) in [4.78, 5) is 4.66. The van der Waals surface area contributed by atoms with Gasteiger partial charge >= 0.3 is 0 Å². The second-order valence-electron chi connectivity index (χ2n) is 6.83. The van der Waals surface area contributed by atoms with Crippen molar-refractivity contribution in [2.24, 2.45) is 0 Å². The van der Waals surface area contributed by atoms with Gasteiger partial charge in [0, 0.05) is 5.56 Å². The van der Waals surface area contributed by atoms with E-state index in [0.29, 0.717) is 0 Å². The van der Waals surface area contributed by atoms with Gasteiger partial charge in [-0.25, -0.2) is 9.67 Å². The first kappa shape index (κ1) is 16.4. The molecule has 5 rings (SSSR count). The molecule has 0 bridgehead atoms. The molecule has 0 unspecified atom stereocenters. The molecule has 28 heavy (non-hydrogen) atoms. The summed E-state index contributed by atoms with van der Waals surface area (Å²) in [6.07, 6.45) is 3.54. The summed E-state index contributed by atoms with van der Waals surface area (Å²) < 4.78 is 8.96. The quantitative estimate of drug-likeness (QED) is 0.484. The summed E-state index contributed by atoms with van der Waals surface area (Å²) in [7, 11) is 1.65. The van der Waals surface area contributed by atoms with Crippen molar-refractivity contribution in [1.29, 1.82) is 0 Å². The van der Waals surface area contributed by atoms with Gasteiger partial charge in [-0.3, -0.25) is 4.40 Å². The second-order valence-corrected chi connectivity index (χ2v) is 6.83. The van der Waals surface area contributed by atoms with Crippen LogP contribution in [-0.2, 0) is 0 Å². The summed E-state index contributed by atoms with van der Waals surface area (Å²) in [5.74, 6) is 1.53. The summed E-state index contributed by atoms with van der Waals surface area (Å²) in [5.41, 5.74) is 5.78. The molecule has 5 aromatic rings. The largest absolute Gasteiger partial charge is 0.497 e. The van der Waals surface area contributed by atoms with Crippen LogP contribution < -0.4 is 4.74 Å². The first-order valence-electron chi connectivity index (χ1n) is 8.94. The highest BCUT2D eigenvalue weighted by Crippen LogP contribution is 2.25. The van der Waals surface area contributed by atoms with Gasteiger partial charge in [-0.1, -0.05) is 6.07 Å². The van der Waals surface area contributed by atoms with Crippen molar-refractivity contribution in [3.63, 3.8) is 0 Å². The molecule has 0 N–H and O–H groups in total. The normalized spacial score (nSPS) is 11.4. The smallest absolute Gasteiger partial charge is 0.175 e. The van der Waals surface area contributed by atoms with Crippen molar-refractivity contribution < 1.29 is 4.74 Å². The molecular weight excluding hydrogens is 352 g/mol. The van der Waals surface area contributed by atoms with Crippen LogP contribution in [0.1, 0.15) is 11.1 Å². The Morgan fingerprint density at radius 3 is 2.36 bits per heavy atom. The first-order chi connectivity index (χ1) is 13.6. The molecule has 0 saturated heterocycles. The Balaban J connectivity index is 1.67. The van der Waals surface area contributed by atoms with Gasteiger partial charge < -0.3 is 4.74 Å². The highest BCUT2D eigenvalue weighted by Gasteiger charge is 2.15. The van der Waals surface area contributed by atoms with E-state index in [2.05, 4.69) is 52.3 Å². The van der Waals surface area contributed by atoms with Gasteiger partial charge in [-0.05, 0) is 61.4 Å². The SMILES string of the molecule is COc1ccc(-c2nnc3c4cnn(-c5cc(C)cc(C)c5)c4ncn23)cc1. The molecule has 0 amide bonds. The van der Waals surface area contributed by atoms with Crippen LogP contribution in [0.15, 0.2) is 55.0 Å². The van der Waals surface area contributed by atoms with Gasteiger partial charge in [0.05, 0.1) is 24.4 Å². The summed E-state index contributed by atoms with van der Waals surface area (Å²) in [6.45, 7) is 4.15. The number of fused-ring (bicyclic) bond motifs is 3. The zero-order valence-electron chi connectivity index (χ0n) is 15.8. The molecule has 0 aliphatic rings. The molecule has 3 heterocycles. The first-order valence-corrected chi connectivity index (χ1v) is 8.94. The van der Waals surface area contributed by atoms with Gasteiger partial charge in [-0.15, -0.1) is 10.2 Å². The number of methoxy groups -OCH3 is 1. The van der Waals surface area contributed by atoms with E-state index in [9.17, 15) is 0 Å². The Morgan fingerprint density at radius 1 is 0.893 bits per heavy atom. The predicted molar refractivity (Wildman–Crippen MR) is 107 cm³/mol. The average molecular weight is 370 g/mol. The third-order valence-electron chi connectivity index (χ3n) is 4.78. The van der Waals surface area contributed by atoms with E-state index in [-0.39, 0.29) is 0 Å². The topological polar surface area (TPSA) is 70.1 Å². The fraction of sp³-hybridized carbons (Fsp3) is 0.143. The zero-order valence-corrected chi connectivity index (χ0v) is 15.8. The van der Waals surface area contributed by atoms with Gasteiger partial charge in [0.15, 0.2) is 17.1 Å². The van der Waals surface area contributed by atoms with E-state index in [4.69, 9.17) is 4.74 Å². The van der Waals surface area contributed by atoms with Crippen molar-refractivity contribution in [3.8, 4) is 22.8 Å². The van der Waals surface area contributed by atoms with E-state index >= 15 is 0 Å². The van der Waals surface area contributed by atoms with Crippen LogP contribution in [-0.4, -0.2) is 36.5 Å². The molecule has 0 saturated carbocycles. The monoisotopic (exact) mass is 370 g/mol. The molecule has 0 aliphatic heterocycles. The van der Waals surface area contributed by atoms with Crippen LogP contribution in [0.25, 0.3) is 33.8 Å². The van der Waals surface area contributed by atoms with Crippen LogP contribution in [0.4, 0.5) is 0 Å². The molecule has 0 atom stereocenters. The molecule has 0 aliphatic carbocycles. The van der Waals surface area contributed by atoms with Crippen LogP contribution in [0.2, 0.25) is 0 Å². The number of nitrogens with zero attached hydrogens (tertiary/aromatic N) is 6. The number of hydrogen-bond donors (Lipinski definition) is 0. The fourth-order valence-corrected chi connectivity index (χ4v) is 3.52. The minimum atomic E-state index is 0.728. The molecule has 7 heteroatoms. The maximum absolute atomic E-state index is 5.23. The minimum absolute atomic E-state index is 0.728. The molecule has 0 spiro atoms. The summed E-state index contributed by atoms with van der Waals surface area (Å²) in [5, 5.41) is 14.2. The molecule has 138 valence electrons. The minimum Gasteiger partial charge on any atom is -0.497 e. The second kappa shape index (κ2) is 6.16. The molecular formula is C21H18N6O. The standard InChI is InChI=1S/C21H18N6O/c1-13-8-14(2)10-16(9-13)27-20-18(11-23-27)21-25-24-19(26(21)12-22-20)15-4-6-17(28-3)7-5-15/h4-12H,1-3H3. The van der Waals surface area contributed by atoms with E-state index in [0.717, 1.165) is 39.5 Å². The van der Waals surface area contributed by atoms with E-state index in [1.807, 2.05) is 33.3 Å². The summed E-state index contributed by atoms with van der Waals surface area (Å²) >= 11 is 0. The lowest BCUT2D eigenvalue weighted by Gasteiger charge is -2.06. The number of benzene rings is 2. The summed E-state index contributed by atoms with van der Waals surface area (Å²) in [6, 6.07) is 14.0. The van der Waals surface area contributed by atoms with Crippen molar-refractivity contribution in [2.45, 2.75) is 13.8 Å². The lowest BCUT2D eigenvalue weighted by atomic mass is 10.1. The van der Waals surface area contributed by atoms with Crippen molar-refractivity contribution in [3.05, 3.63) is 66.1 Å². The molecule has 0 fully saturated rings. The predicted octanol–water partition coefficient (Wildman–Crippen LogP) is 3.76. The molecule has 2 aromatic carbocycles. The van der Waals surface area contributed by atoms with E-state index in [1.165, 1.54) is 11.1 Å². The number of hydrogen-bond acceptors (Lipinski definition) is 5. The lowest BCUT2D eigenvalue weighted by Crippen LogP contribution is -2.00. The van der Waals surface area contributed by atoms with E-state index < -0.39 is 0 Å². The number of ether oxygens (including phenoxy) is 1. The van der Waals surface area contributed by atoms with Crippen molar-refractivity contribution >= 4 is 16.7 Å². The number of aryl methyl sites for hydroxylation is 2. The Hall–Kier alpha value is -3.74. The van der Waals surface area contributed by atoms with E-state index in [1.54, 1.807) is 19.6 Å². The average Bonchev–Trinajstić information content (AvgIpc) is 3.31.